The molecule has 108 valence electrons. The van der Waals surface area contributed by atoms with E-state index >= 15 is 0 Å². The quantitative estimate of drug-likeness (QED) is 0.593. The third kappa shape index (κ3) is 3.80. The molecule has 0 aromatic heterocycles. The van der Waals surface area contributed by atoms with Gasteiger partial charge in [-0.15, -0.1) is 0 Å². The number of nitrogens with one attached hydrogen (secondary N) is 3. The van der Waals surface area contributed by atoms with E-state index in [1.807, 2.05) is 0 Å². The van der Waals surface area contributed by atoms with Gasteiger partial charge >= 0.3 is 0 Å². The minimum absolute atomic E-state index is 0.200. The molecule has 7 nitrogen and oxygen atoms in total. The number of hydrogen-bond donors (Lipinski definition) is 4. The third-order valence-corrected chi connectivity index (χ3v) is 3.45. The van der Waals surface area contributed by atoms with Gasteiger partial charge in [0, 0.05) is 24.4 Å². The second-order valence-electron chi connectivity index (χ2n) is 4.51. The van der Waals surface area contributed by atoms with Crippen LogP contribution in [0.3, 0.4) is 0 Å². The highest BCUT2D eigenvalue weighted by molar-refractivity contribution is 7.90. The Morgan fingerprint density at radius 1 is 1.30 bits per heavy atom. The molecule has 1 amide bonds. The molecule has 1 aliphatic rings. The Hall–Kier alpha value is -1.90. The molecule has 0 unspecified atom stereocenters. The van der Waals surface area contributed by atoms with Crippen LogP contribution in [0.1, 0.15) is 6.92 Å². The summed E-state index contributed by atoms with van der Waals surface area (Å²) in [6.07, 6.45) is 0. The zero-order valence-electron chi connectivity index (χ0n) is 10.9. The Morgan fingerprint density at radius 2 is 1.95 bits per heavy atom. The highest BCUT2D eigenvalue weighted by Crippen LogP contribution is 2.17. The maximum absolute atomic E-state index is 12.0. The lowest BCUT2D eigenvalue weighted by Gasteiger charge is -2.21. The van der Waals surface area contributed by atoms with Crippen molar-refractivity contribution in [1.29, 1.82) is 0 Å². The van der Waals surface area contributed by atoms with Crippen molar-refractivity contribution in [3.8, 4) is 0 Å². The molecule has 1 saturated heterocycles. The highest BCUT2D eigenvalue weighted by atomic mass is 32.2. The average molecular weight is 296 g/mol. The molecule has 20 heavy (non-hydrogen) atoms. The van der Waals surface area contributed by atoms with Crippen LogP contribution in [0.15, 0.2) is 35.4 Å². The van der Waals surface area contributed by atoms with Gasteiger partial charge < -0.3 is 10.6 Å². The molecule has 0 bridgehead atoms. The number of nitrogens with two attached hydrogens (primary N) is 1. The molecule has 0 saturated carbocycles. The first-order valence-corrected chi connectivity index (χ1v) is 7.51. The van der Waals surface area contributed by atoms with Crippen LogP contribution in [0, 0.1) is 0 Å². The van der Waals surface area contributed by atoms with E-state index < -0.39 is 10.2 Å². The standard InChI is InChI=1S/C12H16N4O3S/c1-8(9-6-14-7-9)12(17)15-10-3-2-4-11(5-10)16-20(13,18)19/h2-5,14,16H,6-7H2,1H3,(H,15,17)(H2,13,18,19). The molecule has 1 aromatic carbocycles. The molecule has 2 rings (SSSR count). The van der Waals surface area contributed by atoms with Gasteiger partial charge in [0.05, 0.1) is 5.69 Å². The van der Waals surface area contributed by atoms with Gasteiger partial charge in [0.2, 0.25) is 0 Å². The zero-order valence-corrected chi connectivity index (χ0v) is 11.8. The fourth-order valence-electron chi connectivity index (χ4n) is 1.73. The smallest absolute Gasteiger partial charge is 0.296 e. The van der Waals surface area contributed by atoms with Gasteiger partial charge in [0.1, 0.15) is 0 Å². The van der Waals surface area contributed by atoms with Crippen molar-refractivity contribution in [2.45, 2.75) is 6.92 Å². The van der Waals surface area contributed by atoms with E-state index in [1.54, 1.807) is 25.1 Å². The molecule has 1 heterocycles. The minimum atomic E-state index is -3.83. The van der Waals surface area contributed by atoms with E-state index in [0.717, 1.165) is 18.7 Å². The maximum atomic E-state index is 12.0. The third-order valence-electron chi connectivity index (χ3n) is 2.93. The van der Waals surface area contributed by atoms with Crippen LogP contribution in [0.25, 0.3) is 0 Å². The number of benzene rings is 1. The van der Waals surface area contributed by atoms with E-state index in [1.165, 1.54) is 6.07 Å². The number of carbonyl (C=O) groups excluding carboxylic acids is 1. The van der Waals surface area contributed by atoms with E-state index in [-0.39, 0.29) is 5.91 Å². The van der Waals surface area contributed by atoms with Gasteiger partial charge in [0.25, 0.3) is 16.1 Å². The van der Waals surface area contributed by atoms with Gasteiger partial charge in [0.15, 0.2) is 0 Å². The normalized spacial score (nSPS) is 14.4. The Labute approximate surface area is 117 Å². The maximum Gasteiger partial charge on any atom is 0.296 e. The highest BCUT2D eigenvalue weighted by Gasteiger charge is 2.16. The number of hydrogen-bond acceptors (Lipinski definition) is 4. The van der Waals surface area contributed by atoms with E-state index in [4.69, 9.17) is 5.14 Å². The lowest BCUT2D eigenvalue weighted by molar-refractivity contribution is -0.112. The molecule has 5 N–H and O–H groups in total. The predicted molar refractivity (Wildman–Crippen MR) is 77.4 cm³/mol. The van der Waals surface area contributed by atoms with Gasteiger partial charge in [-0.2, -0.15) is 8.42 Å². The largest absolute Gasteiger partial charge is 0.322 e. The molecule has 0 spiro atoms. The Morgan fingerprint density at radius 3 is 2.50 bits per heavy atom. The molecule has 0 aliphatic carbocycles. The Bertz CT molecular complexity index is 661. The molecule has 1 aromatic rings. The number of carbonyl (C=O) groups is 1. The van der Waals surface area contributed by atoms with Crippen LogP contribution in [-0.2, 0) is 15.0 Å². The van der Waals surface area contributed by atoms with Crippen molar-refractivity contribution in [2.75, 3.05) is 23.1 Å². The van der Waals surface area contributed by atoms with E-state index in [2.05, 4.69) is 15.4 Å². The summed E-state index contributed by atoms with van der Waals surface area (Å²) in [4.78, 5) is 12.0. The fraction of sp³-hybridized carbons (Fsp3) is 0.250. The van der Waals surface area contributed by atoms with E-state index in [9.17, 15) is 13.2 Å². The SMILES string of the molecule is CC(C(=O)Nc1cccc(NS(N)(=O)=O)c1)=C1CNC1. The molecular formula is C12H16N4O3S. The van der Waals surface area contributed by atoms with Crippen molar-refractivity contribution in [1.82, 2.24) is 5.32 Å². The molecule has 0 radical (unpaired) electrons. The van der Waals surface area contributed by atoms with Crippen LogP contribution in [0.5, 0.6) is 0 Å². The summed E-state index contributed by atoms with van der Waals surface area (Å²) in [5.74, 6) is -0.200. The molecule has 1 aliphatic heterocycles. The van der Waals surface area contributed by atoms with Gasteiger partial charge in [-0.05, 0) is 30.7 Å². The Balaban J connectivity index is 2.10. The molecule has 0 atom stereocenters. The van der Waals surface area contributed by atoms with Crippen molar-refractivity contribution in [3.05, 3.63) is 35.4 Å². The van der Waals surface area contributed by atoms with Gasteiger partial charge in [-0.25, -0.2) is 5.14 Å². The van der Waals surface area contributed by atoms with Gasteiger partial charge in [-0.3, -0.25) is 9.52 Å². The number of amides is 1. The average Bonchev–Trinajstić information content (AvgIpc) is 2.24. The van der Waals surface area contributed by atoms with Crippen molar-refractivity contribution >= 4 is 27.5 Å². The first kappa shape index (κ1) is 14.5. The number of anilines is 2. The summed E-state index contributed by atoms with van der Waals surface area (Å²) < 4.78 is 24.0. The monoisotopic (exact) mass is 296 g/mol. The second-order valence-corrected chi connectivity index (χ2v) is 5.81. The predicted octanol–water partition coefficient (Wildman–Crippen LogP) is 0.160. The lowest BCUT2D eigenvalue weighted by Crippen LogP contribution is -2.36. The topological polar surface area (TPSA) is 113 Å². The summed E-state index contributed by atoms with van der Waals surface area (Å²) in [6.45, 7) is 3.22. The Kier molecular flexibility index (Phi) is 4.07. The van der Waals surface area contributed by atoms with Crippen molar-refractivity contribution in [2.24, 2.45) is 5.14 Å². The summed E-state index contributed by atoms with van der Waals surface area (Å²) in [5.41, 5.74) is 2.53. The fourth-order valence-corrected chi connectivity index (χ4v) is 2.18. The summed E-state index contributed by atoms with van der Waals surface area (Å²) in [7, 11) is -3.83. The summed E-state index contributed by atoms with van der Waals surface area (Å²) in [6, 6.07) is 6.33. The minimum Gasteiger partial charge on any atom is -0.322 e. The van der Waals surface area contributed by atoms with Crippen LogP contribution < -0.4 is 20.5 Å². The lowest BCUT2D eigenvalue weighted by atomic mass is 10.0. The molecular weight excluding hydrogens is 280 g/mol. The van der Waals surface area contributed by atoms with Crippen molar-refractivity contribution < 1.29 is 13.2 Å². The summed E-state index contributed by atoms with van der Waals surface area (Å²) in [5, 5.41) is 10.7. The zero-order chi connectivity index (χ0) is 14.8. The number of rotatable bonds is 4. The van der Waals surface area contributed by atoms with Gasteiger partial charge in [-0.1, -0.05) is 6.07 Å². The summed E-state index contributed by atoms with van der Waals surface area (Å²) >= 11 is 0. The molecule has 8 heteroatoms. The van der Waals surface area contributed by atoms with Crippen molar-refractivity contribution in [3.63, 3.8) is 0 Å². The van der Waals surface area contributed by atoms with Crippen LogP contribution >= 0.6 is 0 Å². The van der Waals surface area contributed by atoms with Crippen LogP contribution in [-0.4, -0.2) is 27.4 Å². The van der Waals surface area contributed by atoms with E-state index in [0.29, 0.717) is 16.9 Å². The molecule has 1 fully saturated rings. The second kappa shape index (κ2) is 5.61. The van der Waals surface area contributed by atoms with Crippen LogP contribution in [0.4, 0.5) is 11.4 Å². The van der Waals surface area contributed by atoms with Crippen LogP contribution in [0.2, 0.25) is 0 Å². The first-order valence-electron chi connectivity index (χ1n) is 5.96. The first-order chi connectivity index (χ1) is 9.35.